The Morgan fingerprint density at radius 2 is 2.15 bits per heavy atom. The van der Waals surface area contributed by atoms with E-state index in [1.807, 2.05) is 25.6 Å². The van der Waals surface area contributed by atoms with Gasteiger partial charge in [-0.1, -0.05) is 0 Å². The molecule has 110 valence electrons. The molecule has 1 aromatic heterocycles. The predicted molar refractivity (Wildman–Crippen MR) is 77.8 cm³/mol. The fourth-order valence-electron chi connectivity index (χ4n) is 3.16. The van der Waals surface area contributed by atoms with E-state index in [0.29, 0.717) is 12.1 Å². The first kappa shape index (κ1) is 13.6. The first-order chi connectivity index (χ1) is 9.58. The molecule has 1 aromatic rings. The highest BCUT2D eigenvalue weighted by Crippen LogP contribution is 2.30. The maximum Gasteiger partial charge on any atom is 0.257 e. The molecule has 0 radical (unpaired) electrons. The number of nitrogens with zero attached hydrogens (tertiary/aromatic N) is 3. The van der Waals surface area contributed by atoms with Crippen LogP contribution in [0.5, 0.6) is 0 Å². The summed E-state index contributed by atoms with van der Waals surface area (Å²) in [6, 6.07) is 0.917. The van der Waals surface area contributed by atoms with Crippen molar-refractivity contribution in [3.63, 3.8) is 0 Å². The zero-order chi connectivity index (χ0) is 14.3. The van der Waals surface area contributed by atoms with Gasteiger partial charge >= 0.3 is 0 Å². The van der Waals surface area contributed by atoms with Crippen LogP contribution >= 0.6 is 0 Å². The zero-order valence-electron chi connectivity index (χ0n) is 12.6. The molecular weight excluding hydrogens is 252 g/mol. The fraction of sp³-hybridized carbons (Fsp3) is 0.733. The Labute approximate surface area is 120 Å². The lowest BCUT2D eigenvalue weighted by Crippen LogP contribution is -2.42. The summed E-state index contributed by atoms with van der Waals surface area (Å²) in [4.78, 5) is 15.0. The topological polar surface area (TPSA) is 50.2 Å². The Kier molecular flexibility index (Phi) is 3.54. The molecule has 1 unspecified atom stereocenters. The van der Waals surface area contributed by atoms with Gasteiger partial charge in [0.1, 0.15) is 0 Å². The Morgan fingerprint density at radius 1 is 1.40 bits per heavy atom. The number of aromatic nitrogens is 2. The second kappa shape index (κ2) is 5.20. The second-order valence-electron chi connectivity index (χ2n) is 6.15. The van der Waals surface area contributed by atoms with Crippen molar-refractivity contribution in [1.82, 2.24) is 20.0 Å². The second-order valence-corrected chi connectivity index (χ2v) is 6.15. The molecule has 20 heavy (non-hydrogen) atoms. The average Bonchev–Trinajstić information content (AvgIpc) is 3.05. The van der Waals surface area contributed by atoms with Crippen molar-refractivity contribution in [2.24, 2.45) is 7.05 Å². The molecule has 1 amide bonds. The number of amides is 1. The first-order valence-corrected chi connectivity index (χ1v) is 7.62. The third-order valence-electron chi connectivity index (χ3n) is 4.55. The summed E-state index contributed by atoms with van der Waals surface area (Å²) >= 11 is 0. The molecule has 0 bridgehead atoms. The highest BCUT2D eigenvalue weighted by atomic mass is 16.2. The van der Waals surface area contributed by atoms with Crippen LogP contribution in [-0.2, 0) is 7.05 Å². The smallest absolute Gasteiger partial charge is 0.257 e. The van der Waals surface area contributed by atoms with E-state index >= 15 is 0 Å². The summed E-state index contributed by atoms with van der Waals surface area (Å²) in [5.74, 6) is 0.171. The predicted octanol–water partition coefficient (Wildman–Crippen LogP) is 1.39. The molecular formula is C15H24N4O. The number of carbonyl (C=O) groups excluding carboxylic acids is 1. The van der Waals surface area contributed by atoms with E-state index in [0.717, 1.165) is 42.9 Å². The number of nitrogens with one attached hydrogen (secondary N) is 1. The van der Waals surface area contributed by atoms with Crippen molar-refractivity contribution in [3.05, 3.63) is 17.0 Å². The van der Waals surface area contributed by atoms with Crippen LogP contribution in [-0.4, -0.2) is 45.8 Å². The number of hydrogen-bond donors (Lipinski definition) is 1. The lowest BCUT2D eigenvalue weighted by Gasteiger charge is -2.26. The van der Waals surface area contributed by atoms with Crippen LogP contribution in [0.3, 0.4) is 0 Å². The van der Waals surface area contributed by atoms with Gasteiger partial charge in [0.2, 0.25) is 0 Å². The van der Waals surface area contributed by atoms with Gasteiger partial charge in [0.15, 0.2) is 0 Å². The average molecular weight is 276 g/mol. The molecule has 1 saturated heterocycles. The molecule has 0 spiro atoms. The van der Waals surface area contributed by atoms with Crippen molar-refractivity contribution in [1.29, 1.82) is 0 Å². The largest absolute Gasteiger partial charge is 0.334 e. The molecule has 1 atom stereocenters. The van der Waals surface area contributed by atoms with E-state index in [1.165, 1.54) is 12.8 Å². The highest BCUT2D eigenvalue weighted by molar-refractivity contribution is 5.96. The lowest BCUT2D eigenvalue weighted by molar-refractivity contribution is 0.0727. The summed E-state index contributed by atoms with van der Waals surface area (Å²) in [6.45, 7) is 5.84. The van der Waals surface area contributed by atoms with Crippen LogP contribution in [0.1, 0.15) is 47.4 Å². The SMILES string of the molecule is Cc1nn(C)c(C)c1C(=O)N(CC1CCCN1)C1CC1. The van der Waals surface area contributed by atoms with Crippen molar-refractivity contribution in [2.45, 2.75) is 51.6 Å². The maximum atomic E-state index is 12.9. The molecule has 1 N–H and O–H groups in total. The van der Waals surface area contributed by atoms with Gasteiger partial charge < -0.3 is 10.2 Å². The van der Waals surface area contributed by atoms with E-state index in [1.54, 1.807) is 0 Å². The normalized spacial score (nSPS) is 22.2. The standard InChI is InChI=1S/C15H24N4O/c1-10-14(11(2)18(3)17-10)15(20)19(13-6-7-13)9-12-5-4-8-16-12/h12-13,16H,4-9H2,1-3H3. The quantitative estimate of drug-likeness (QED) is 0.904. The Balaban J connectivity index is 1.81. The molecule has 3 rings (SSSR count). The van der Waals surface area contributed by atoms with Crippen LogP contribution in [0.25, 0.3) is 0 Å². The number of carbonyl (C=O) groups is 1. The van der Waals surface area contributed by atoms with Crippen LogP contribution in [0.4, 0.5) is 0 Å². The molecule has 1 saturated carbocycles. The summed E-state index contributed by atoms with van der Waals surface area (Å²) < 4.78 is 1.81. The van der Waals surface area contributed by atoms with Crippen molar-refractivity contribution in [2.75, 3.05) is 13.1 Å². The Hall–Kier alpha value is -1.36. The van der Waals surface area contributed by atoms with E-state index in [9.17, 15) is 4.79 Å². The van der Waals surface area contributed by atoms with Gasteiger partial charge in [-0.05, 0) is 46.1 Å². The van der Waals surface area contributed by atoms with Crippen molar-refractivity contribution in [3.8, 4) is 0 Å². The Morgan fingerprint density at radius 3 is 2.65 bits per heavy atom. The van der Waals surface area contributed by atoms with E-state index < -0.39 is 0 Å². The number of rotatable bonds is 4. The first-order valence-electron chi connectivity index (χ1n) is 7.62. The minimum Gasteiger partial charge on any atom is -0.334 e. The number of hydrogen-bond acceptors (Lipinski definition) is 3. The molecule has 1 aliphatic carbocycles. The zero-order valence-corrected chi connectivity index (χ0v) is 12.6. The molecule has 5 nitrogen and oxygen atoms in total. The van der Waals surface area contributed by atoms with E-state index in [-0.39, 0.29) is 5.91 Å². The van der Waals surface area contributed by atoms with Gasteiger partial charge in [0.05, 0.1) is 11.3 Å². The third-order valence-corrected chi connectivity index (χ3v) is 4.55. The van der Waals surface area contributed by atoms with Crippen LogP contribution in [0.2, 0.25) is 0 Å². The summed E-state index contributed by atoms with van der Waals surface area (Å²) in [6.07, 6.45) is 4.71. The van der Waals surface area contributed by atoms with Gasteiger partial charge in [-0.15, -0.1) is 0 Å². The van der Waals surface area contributed by atoms with Crippen LogP contribution in [0, 0.1) is 13.8 Å². The fourth-order valence-corrected chi connectivity index (χ4v) is 3.16. The van der Waals surface area contributed by atoms with E-state index in [4.69, 9.17) is 0 Å². The highest BCUT2D eigenvalue weighted by Gasteiger charge is 2.36. The van der Waals surface area contributed by atoms with Gasteiger partial charge in [-0.25, -0.2) is 0 Å². The monoisotopic (exact) mass is 276 g/mol. The van der Waals surface area contributed by atoms with Crippen LogP contribution < -0.4 is 5.32 Å². The molecule has 2 fully saturated rings. The number of aryl methyl sites for hydroxylation is 2. The summed E-state index contributed by atoms with van der Waals surface area (Å²) in [7, 11) is 1.90. The molecule has 0 aromatic carbocycles. The molecule has 2 aliphatic rings. The Bertz CT molecular complexity index is 512. The summed E-state index contributed by atoms with van der Waals surface area (Å²) in [5, 5.41) is 7.87. The van der Waals surface area contributed by atoms with Gasteiger partial charge in [0.25, 0.3) is 5.91 Å². The van der Waals surface area contributed by atoms with Crippen LogP contribution in [0.15, 0.2) is 0 Å². The van der Waals surface area contributed by atoms with Crippen molar-refractivity contribution < 1.29 is 4.79 Å². The van der Waals surface area contributed by atoms with E-state index in [2.05, 4.69) is 15.3 Å². The molecule has 1 aliphatic heterocycles. The van der Waals surface area contributed by atoms with Gasteiger partial charge in [-0.3, -0.25) is 9.48 Å². The minimum atomic E-state index is 0.171. The van der Waals surface area contributed by atoms with Gasteiger partial charge in [0, 0.05) is 31.4 Å². The lowest BCUT2D eigenvalue weighted by atomic mass is 10.1. The summed E-state index contributed by atoms with van der Waals surface area (Å²) in [5.41, 5.74) is 2.62. The van der Waals surface area contributed by atoms with Crippen molar-refractivity contribution >= 4 is 5.91 Å². The van der Waals surface area contributed by atoms with Gasteiger partial charge in [-0.2, -0.15) is 5.10 Å². The molecule has 5 heteroatoms. The molecule has 2 heterocycles. The minimum absolute atomic E-state index is 0.171. The maximum absolute atomic E-state index is 12.9. The third kappa shape index (κ3) is 2.46.